The average Bonchev–Trinajstić information content (AvgIpc) is 3.00. The number of benzene rings is 1. The molecule has 5 nitrogen and oxygen atoms in total. The highest BCUT2D eigenvalue weighted by Crippen LogP contribution is 2.39. The molecule has 4 rings (SSSR count). The van der Waals surface area contributed by atoms with E-state index in [0.717, 1.165) is 56.8 Å². The van der Waals surface area contributed by atoms with Gasteiger partial charge in [0.15, 0.2) is 0 Å². The van der Waals surface area contributed by atoms with Crippen molar-refractivity contribution in [2.75, 3.05) is 13.6 Å². The van der Waals surface area contributed by atoms with Gasteiger partial charge in [0.25, 0.3) is 0 Å². The van der Waals surface area contributed by atoms with Crippen LogP contribution < -0.4 is 4.74 Å². The number of rotatable bonds is 3. The molecule has 1 aliphatic carbocycles. The number of para-hydroxylation sites is 1. The third kappa shape index (κ3) is 3.94. The fraction of sp³-hybridized carbons (Fsp3) is 0.545. The molecule has 1 fully saturated rings. The first-order valence-electron chi connectivity index (χ1n) is 10.1. The smallest absolute Gasteiger partial charge is 0.219 e. The number of aromatic nitrogens is 1. The molecule has 0 N–H and O–H groups in total. The second-order valence-corrected chi connectivity index (χ2v) is 9.20. The molecular formula is C22H29N3O2S. The molecule has 1 aliphatic heterocycles. The van der Waals surface area contributed by atoms with E-state index in [-0.39, 0.29) is 11.5 Å². The summed E-state index contributed by atoms with van der Waals surface area (Å²) in [7, 11) is 1.92. The van der Waals surface area contributed by atoms with E-state index in [9.17, 15) is 4.79 Å². The summed E-state index contributed by atoms with van der Waals surface area (Å²) in [6.45, 7) is 6.46. The second kappa shape index (κ2) is 7.84. The number of hydrogen-bond donors (Lipinski definition) is 0. The van der Waals surface area contributed by atoms with E-state index in [1.807, 2.05) is 17.5 Å². The monoisotopic (exact) mass is 399 g/mol. The lowest BCUT2D eigenvalue weighted by molar-refractivity contribution is -0.131. The Morgan fingerprint density at radius 3 is 2.79 bits per heavy atom. The average molecular weight is 400 g/mol. The third-order valence-electron chi connectivity index (χ3n) is 6.33. The Labute approximate surface area is 171 Å². The Kier molecular flexibility index (Phi) is 5.43. The van der Waals surface area contributed by atoms with Gasteiger partial charge in [-0.3, -0.25) is 9.69 Å². The van der Waals surface area contributed by atoms with E-state index < -0.39 is 0 Å². The molecule has 0 bridgehead atoms. The van der Waals surface area contributed by atoms with Crippen molar-refractivity contribution in [3.63, 3.8) is 0 Å². The van der Waals surface area contributed by atoms with Crippen molar-refractivity contribution >= 4 is 17.2 Å². The molecule has 0 radical (unpaired) electrons. The molecule has 2 aliphatic rings. The van der Waals surface area contributed by atoms with Crippen molar-refractivity contribution in [2.24, 2.45) is 0 Å². The Bertz CT molecular complexity index is 842. The summed E-state index contributed by atoms with van der Waals surface area (Å²) in [6.07, 6.45) is 3.93. The molecule has 1 amide bonds. The number of carbonyl (C=O) groups is 1. The normalized spacial score (nSPS) is 25.0. The molecule has 0 atom stereocenters. The van der Waals surface area contributed by atoms with Crippen LogP contribution in [-0.4, -0.2) is 45.9 Å². The van der Waals surface area contributed by atoms with Crippen molar-refractivity contribution in [1.29, 1.82) is 0 Å². The number of amides is 1. The van der Waals surface area contributed by atoms with Crippen LogP contribution >= 0.6 is 11.3 Å². The molecule has 1 aromatic carbocycles. The maximum Gasteiger partial charge on any atom is 0.219 e. The highest BCUT2D eigenvalue weighted by Gasteiger charge is 2.42. The summed E-state index contributed by atoms with van der Waals surface area (Å²) in [5.41, 5.74) is 4.14. The van der Waals surface area contributed by atoms with Gasteiger partial charge in [0, 0.05) is 50.1 Å². The molecule has 28 heavy (non-hydrogen) atoms. The van der Waals surface area contributed by atoms with Crippen LogP contribution in [0.25, 0.3) is 0 Å². The number of hydrogen-bond acceptors (Lipinski definition) is 5. The fourth-order valence-corrected chi connectivity index (χ4v) is 5.35. The molecule has 1 aromatic heterocycles. The standard InChI is InChI=1S/C22H29N3O2S/c1-16-21(28-15-23-16)13-25-12-18-6-4-5-7-20(18)27-22(14-25)10-8-19(9-11-22)24(3)17(2)26/h4-7,15,19H,8-14H2,1-3H3. The van der Waals surface area contributed by atoms with Crippen molar-refractivity contribution in [3.05, 3.63) is 45.9 Å². The highest BCUT2D eigenvalue weighted by molar-refractivity contribution is 7.09. The second-order valence-electron chi connectivity index (χ2n) is 8.26. The fourth-order valence-electron chi connectivity index (χ4n) is 4.53. The zero-order valence-electron chi connectivity index (χ0n) is 17.0. The van der Waals surface area contributed by atoms with E-state index in [2.05, 4.69) is 41.1 Å². The summed E-state index contributed by atoms with van der Waals surface area (Å²) in [6, 6.07) is 8.75. The first kappa shape index (κ1) is 19.4. The van der Waals surface area contributed by atoms with Crippen LogP contribution in [0.5, 0.6) is 5.75 Å². The Morgan fingerprint density at radius 1 is 1.36 bits per heavy atom. The van der Waals surface area contributed by atoms with Gasteiger partial charge in [-0.1, -0.05) is 18.2 Å². The predicted octanol–water partition coefficient (Wildman–Crippen LogP) is 4.01. The predicted molar refractivity (Wildman–Crippen MR) is 111 cm³/mol. The minimum absolute atomic E-state index is 0.148. The molecule has 2 aromatic rings. The Morgan fingerprint density at radius 2 is 2.11 bits per heavy atom. The zero-order valence-corrected chi connectivity index (χ0v) is 17.8. The zero-order chi connectivity index (χ0) is 19.7. The molecule has 150 valence electrons. The van der Waals surface area contributed by atoms with Gasteiger partial charge in [-0.25, -0.2) is 4.98 Å². The van der Waals surface area contributed by atoms with Crippen molar-refractivity contribution < 1.29 is 9.53 Å². The molecule has 0 saturated heterocycles. The molecule has 2 heterocycles. The van der Waals surface area contributed by atoms with E-state index in [4.69, 9.17) is 4.74 Å². The molecule has 0 unspecified atom stereocenters. The van der Waals surface area contributed by atoms with Gasteiger partial charge < -0.3 is 9.64 Å². The van der Waals surface area contributed by atoms with Crippen molar-refractivity contribution in [2.45, 2.75) is 64.3 Å². The van der Waals surface area contributed by atoms with Gasteiger partial charge in [0.1, 0.15) is 11.4 Å². The largest absolute Gasteiger partial charge is 0.486 e. The summed E-state index contributed by atoms with van der Waals surface area (Å²) >= 11 is 1.74. The third-order valence-corrected chi connectivity index (χ3v) is 7.25. The quantitative estimate of drug-likeness (QED) is 0.782. The lowest BCUT2D eigenvalue weighted by atomic mass is 9.81. The summed E-state index contributed by atoms with van der Waals surface area (Å²) in [5, 5.41) is 0. The van der Waals surface area contributed by atoms with Gasteiger partial charge in [-0.05, 0) is 38.7 Å². The van der Waals surface area contributed by atoms with Gasteiger partial charge in [-0.2, -0.15) is 0 Å². The Hall–Kier alpha value is -1.92. The van der Waals surface area contributed by atoms with Crippen LogP contribution in [0.2, 0.25) is 0 Å². The van der Waals surface area contributed by atoms with Crippen molar-refractivity contribution in [3.8, 4) is 5.75 Å². The minimum Gasteiger partial charge on any atom is -0.486 e. The van der Waals surface area contributed by atoms with Gasteiger partial charge >= 0.3 is 0 Å². The van der Waals surface area contributed by atoms with Gasteiger partial charge in [-0.15, -0.1) is 11.3 Å². The number of ether oxygens (including phenoxy) is 1. The van der Waals surface area contributed by atoms with Crippen molar-refractivity contribution in [1.82, 2.24) is 14.8 Å². The molecule has 6 heteroatoms. The molecule has 1 spiro atoms. The first-order chi connectivity index (χ1) is 13.5. The van der Waals surface area contributed by atoms with Gasteiger partial charge in [0.05, 0.1) is 11.2 Å². The number of carbonyl (C=O) groups excluding carboxylic acids is 1. The molecule has 1 saturated carbocycles. The SMILES string of the molecule is CC(=O)N(C)C1CCC2(CC1)CN(Cc1scnc1C)Cc1ccccc1O2. The van der Waals surface area contributed by atoms with E-state index >= 15 is 0 Å². The van der Waals surface area contributed by atoms with Crippen LogP contribution in [0.15, 0.2) is 29.8 Å². The number of nitrogens with zero attached hydrogens (tertiary/aromatic N) is 3. The summed E-state index contributed by atoms with van der Waals surface area (Å²) < 4.78 is 6.70. The van der Waals surface area contributed by atoms with Crippen LogP contribution in [0.1, 0.15) is 48.7 Å². The number of thiazole rings is 1. The molecular weight excluding hydrogens is 370 g/mol. The van der Waals surface area contributed by atoms with Gasteiger partial charge in [0.2, 0.25) is 5.91 Å². The number of fused-ring (bicyclic) bond motifs is 1. The van der Waals surface area contributed by atoms with Crippen LogP contribution in [0.4, 0.5) is 0 Å². The van der Waals surface area contributed by atoms with E-state index in [1.54, 1.807) is 18.3 Å². The first-order valence-corrected chi connectivity index (χ1v) is 11.0. The number of aryl methyl sites for hydroxylation is 1. The summed E-state index contributed by atoms with van der Waals surface area (Å²) in [5.74, 6) is 1.17. The van der Waals surface area contributed by atoms with Crippen LogP contribution in [-0.2, 0) is 17.9 Å². The van der Waals surface area contributed by atoms with E-state index in [1.165, 1.54) is 10.4 Å². The topological polar surface area (TPSA) is 45.7 Å². The highest BCUT2D eigenvalue weighted by atomic mass is 32.1. The lowest BCUT2D eigenvalue weighted by Crippen LogP contribution is -2.51. The Balaban J connectivity index is 1.57. The van der Waals surface area contributed by atoms with Crippen LogP contribution in [0, 0.1) is 6.92 Å². The lowest BCUT2D eigenvalue weighted by Gasteiger charge is -2.43. The maximum absolute atomic E-state index is 11.8. The van der Waals surface area contributed by atoms with Crippen LogP contribution in [0.3, 0.4) is 0 Å². The maximum atomic E-state index is 11.8. The van der Waals surface area contributed by atoms with E-state index in [0.29, 0.717) is 6.04 Å². The minimum atomic E-state index is -0.181. The summed E-state index contributed by atoms with van der Waals surface area (Å²) in [4.78, 5) is 21.9.